The Morgan fingerprint density at radius 1 is 1.00 bits per heavy atom. The summed E-state index contributed by atoms with van der Waals surface area (Å²) in [5, 5.41) is 7.49. The van der Waals surface area contributed by atoms with Crippen molar-refractivity contribution >= 4 is 35.7 Å². The number of carbonyl (C=O) groups excluding carboxylic acids is 1. The molecule has 1 saturated heterocycles. The topological polar surface area (TPSA) is 118 Å². The maximum atomic E-state index is 11.8. The fourth-order valence-corrected chi connectivity index (χ4v) is 3.90. The number of anilines is 4. The van der Waals surface area contributed by atoms with Crippen LogP contribution in [0.3, 0.4) is 0 Å². The number of benzene rings is 2. The van der Waals surface area contributed by atoms with Gasteiger partial charge >= 0.3 is 5.97 Å². The zero-order chi connectivity index (χ0) is 25.5. The van der Waals surface area contributed by atoms with Crippen LogP contribution in [0.5, 0.6) is 0 Å². The Labute approximate surface area is 214 Å². The van der Waals surface area contributed by atoms with Crippen molar-refractivity contribution in [2.75, 3.05) is 35.3 Å². The van der Waals surface area contributed by atoms with Gasteiger partial charge in [0, 0.05) is 24.3 Å². The summed E-state index contributed by atoms with van der Waals surface area (Å²) in [6, 6.07) is 20.5. The Morgan fingerprint density at radius 3 is 2.51 bits per heavy atom. The molecule has 0 saturated carbocycles. The molecule has 2 aromatic carbocycles. The molecule has 0 radical (unpaired) electrons. The largest absolute Gasteiger partial charge is 0.462 e. The SMILES string of the molecule is CCOC(=O)c1ccc(-c2ccc(/C=N\Nc3nc(Nc4ccccc4)nc(N4CCCC4)n3)o2)cc1. The molecule has 1 fully saturated rings. The van der Waals surface area contributed by atoms with E-state index in [4.69, 9.17) is 9.15 Å². The molecule has 0 amide bonds. The average Bonchev–Trinajstić information content (AvgIpc) is 3.63. The lowest BCUT2D eigenvalue weighted by molar-refractivity contribution is 0.0526. The Bertz CT molecular complexity index is 1360. The van der Waals surface area contributed by atoms with Gasteiger partial charge in [-0.3, -0.25) is 0 Å². The number of aromatic nitrogens is 3. The highest BCUT2D eigenvalue weighted by Gasteiger charge is 2.17. The highest BCUT2D eigenvalue weighted by molar-refractivity contribution is 5.90. The Kier molecular flexibility index (Phi) is 7.35. The van der Waals surface area contributed by atoms with Crippen LogP contribution in [0.2, 0.25) is 0 Å². The van der Waals surface area contributed by atoms with E-state index in [1.165, 1.54) is 0 Å². The van der Waals surface area contributed by atoms with E-state index < -0.39 is 0 Å². The second-order valence-corrected chi connectivity index (χ2v) is 8.34. The van der Waals surface area contributed by atoms with E-state index in [0.717, 1.165) is 37.2 Å². The van der Waals surface area contributed by atoms with Crippen molar-refractivity contribution in [2.24, 2.45) is 5.10 Å². The lowest BCUT2D eigenvalue weighted by Crippen LogP contribution is -2.21. The molecule has 10 nitrogen and oxygen atoms in total. The summed E-state index contributed by atoms with van der Waals surface area (Å²) in [6.45, 7) is 3.94. The van der Waals surface area contributed by atoms with Crippen LogP contribution in [0.25, 0.3) is 11.3 Å². The molecular weight excluding hydrogens is 470 g/mol. The molecule has 3 heterocycles. The second kappa shape index (κ2) is 11.3. The van der Waals surface area contributed by atoms with Gasteiger partial charge in [-0.05, 0) is 56.2 Å². The molecule has 0 bridgehead atoms. The van der Waals surface area contributed by atoms with Crippen LogP contribution in [-0.2, 0) is 4.74 Å². The quantitative estimate of drug-likeness (QED) is 0.185. The summed E-state index contributed by atoms with van der Waals surface area (Å²) in [5.74, 6) is 2.23. The number of carbonyl (C=O) groups is 1. The van der Waals surface area contributed by atoms with Crippen LogP contribution in [0.1, 0.15) is 35.9 Å². The smallest absolute Gasteiger partial charge is 0.338 e. The first kappa shape index (κ1) is 24.0. The van der Waals surface area contributed by atoms with E-state index in [1.54, 1.807) is 25.3 Å². The predicted molar refractivity (Wildman–Crippen MR) is 142 cm³/mol. The molecule has 5 rings (SSSR count). The number of furan rings is 1. The van der Waals surface area contributed by atoms with E-state index in [2.05, 4.69) is 35.7 Å². The Balaban J connectivity index is 1.28. The van der Waals surface area contributed by atoms with E-state index >= 15 is 0 Å². The average molecular weight is 498 g/mol. The standard InChI is InChI=1S/C27H27N7O3/c1-2-36-24(35)20-12-10-19(11-13-20)23-15-14-22(37-23)18-28-33-26-30-25(29-21-8-4-3-5-9-21)31-27(32-26)34-16-6-7-17-34/h3-5,8-15,18H,2,6-7,16-17H2,1H3,(H2,29,30,31,32,33)/b28-18-. The minimum absolute atomic E-state index is 0.327. The fourth-order valence-electron chi connectivity index (χ4n) is 3.90. The fraction of sp³-hybridized carbons (Fsp3) is 0.222. The molecule has 0 aliphatic carbocycles. The van der Waals surface area contributed by atoms with Crippen LogP contribution < -0.4 is 15.6 Å². The first-order valence-electron chi connectivity index (χ1n) is 12.2. The third-order valence-electron chi connectivity index (χ3n) is 5.71. The van der Waals surface area contributed by atoms with Crippen molar-refractivity contribution < 1.29 is 13.9 Å². The summed E-state index contributed by atoms with van der Waals surface area (Å²) < 4.78 is 10.9. The monoisotopic (exact) mass is 497 g/mol. The van der Waals surface area contributed by atoms with Gasteiger partial charge in [0.2, 0.25) is 17.8 Å². The Hall–Kier alpha value is -4.73. The first-order chi connectivity index (χ1) is 18.2. The van der Waals surface area contributed by atoms with Gasteiger partial charge in [0.25, 0.3) is 0 Å². The van der Waals surface area contributed by atoms with Crippen molar-refractivity contribution in [3.05, 3.63) is 78.1 Å². The molecule has 2 N–H and O–H groups in total. The molecule has 1 aliphatic rings. The van der Waals surface area contributed by atoms with Gasteiger partial charge in [0.15, 0.2) is 0 Å². The van der Waals surface area contributed by atoms with Crippen LogP contribution in [0, 0.1) is 0 Å². The van der Waals surface area contributed by atoms with Gasteiger partial charge in [0.05, 0.1) is 18.4 Å². The van der Waals surface area contributed by atoms with E-state index in [0.29, 0.717) is 41.5 Å². The Morgan fingerprint density at radius 2 is 1.76 bits per heavy atom. The third kappa shape index (κ3) is 6.10. The number of nitrogens with one attached hydrogen (secondary N) is 2. The zero-order valence-corrected chi connectivity index (χ0v) is 20.4. The van der Waals surface area contributed by atoms with E-state index in [-0.39, 0.29) is 5.97 Å². The van der Waals surface area contributed by atoms with Crippen molar-refractivity contribution in [3.63, 3.8) is 0 Å². The van der Waals surface area contributed by atoms with Gasteiger partial charge in [-0.25, -0.2) is 10.2 Å². The molecule has 10 heteroatoms. The van der Waals surface area contributed by atoms with Crippen LogP contribution in [-0.4, -0.2) is 46.8 Å². The van der Waals surface area contributed by atoms with Crippen LogP contribution >= 0.6 is 0 Å². The van der Waals surface area contributed by atoms with E-state index in [1.807, 2.05) is 54.6 Å². The molecule has 4 aromatic rings. The van der Waals surface area contributed by atoms with Crippen molar-refractivity contribution in [1.82, 2.24) is 15.0 Å². The lowest BCUT2D eigenvalue weighted by atomic mass is 10.1. The normalized spacial score (nSPS) is 13.2. The number of rotatable bonds is 9. The molecule has 2 aromatic heterocycles. The highest BCUT2D eigenvalue weighted by atomic mass is 16.5. The number of esters is 1. The third-order valence-corrected chi connectivity index (χ3v) is 5.71. The summed E-state index contributed by atoms with van der Waals surface area (Å²) in [6.07, 6.45) is 3.78. The second-order valence-electron chi connectivity index (χ2n) is 8.34. The lowest BCUT2D eigenvalue weighted by Gasteiger charge is -2.16. The molecule has 0 atom stereocenters. The number of ether oxygens (including phenoxy) is 1. The molecule has 188 valence electrons. The van der Waals surface area contributed by atoms with Gasteiger partial charge < -0.3 is 19.4 Å². The van der Waals surface area contributed by atoms with E-state index in [9.17, 15) is 4.79 Å². The number of hydrazone groups is 1. The van der Waals surface area contributed by atoms with Crippen LogP contribution in [0.15, 0.2) is 76.2 Å². The summed E-state index contributed by atoms with van der Waals surface area (Å²) >= 11 is 0. The van der Waals surface area contributed by atoms with Crippen LogP contribution in [0.4, 0.5) is 23.5 Å². The number of hydrogen-bond acceptors (Lipinski definition) is 10. The van der Waals surface area contributed by atoms with Gasteiger partial charge in [-0.1, -0.05) is 30.3 Å². The molecular formula is C27H27N7O3. The number of para-hydroxylation sites is 1. The zero-order valence-electron chi connectivity index (χ0n) is 20.4. The van der Waals surface area contributed by atoms with Gasteiger partial charge in [0.1, 0.15) is 11.5 Å². The van der Waals surface area contributed by atoms with Crippen molar-refractivity contribution in [1.29, 1.82) is 0 Å². The first-order valence-corrected chi connectivity index (χ1v) is 12.2. The minimum atomic E-state index is -0.347. The molecule has 1 aliphatic heterocycles. The number of hydrogen-bond donors (Lipinski definition) is 2. The summed E-state index contributed by atoms with van der Waals surface area (Å²) in [4.78, 5) is 27.6. The molecule has 0 unspecified atom stereocenters. The number of nitrogens with zero attached hydrogens (tertiary/aromatic N) is 5. The maximum absolute atomic E-state index is 11.8. The van der Waals surface area contributed by atoms with Crippen molar-refractivity contribution in [2.45, 2.75) is 19.8 Å². The molecule has 0 spiro atoms. The predicted octanol–water partition coefficient (Wildman–Crippen LogP) is 5.10. The van der Waals surface area contributed by atoms with Crippen molar-refractivity contribution in [3.8, 4) is 11.3 Å². The molecule has 37 heavy (non-hydrogen) atoms. The summed E-state index contributed by atoms with van der Waals surface area (Å²) in [5.41, 5.74) is 5.11. The van der Waals surface area contributed by atoms with Gasteiger partial charge in [-0.15, -0.1) is 0 Å². The maximum Gasteiger partial charge on any atom is 0.338 e. The summed E-state index contributed by atoms with van der Waals surface area (Å²) in [7, 11) is 0. The minimum Gasteiger partial charge on any atom is -0.462 e. The highest BCUT2D eigenvalue weighted by Crippen LogP contribution is 2.23. The van der Waals surface area contributed by atoms with Gasteiger partial charge in [-0.2, -0.15) is 20.1 Å².